The fourth-order valence-electron chi connectivity index (χ4n) is 5.04. The van der Waals surface area contributed by atoms with Gasteiger partial charge in [0.15, 0.2) is 0 Å². The maximum Gasteiger partial charge on any atom is 0.264 e. The number of aryl methyl sites for hydroxylation is 1. The first kappa shape index (κ1) is 30.1. The van der Waals surface area contributed by atoms with Crippen molar-refractivity contribution in [3.8, 4) is 5.75 Å². The fourth-order valence-corrected chi connectivity index (χ4v) is 6.45. The van der Waals surface area contributed by atoms with Gasteiger partial charge in [-0.2, -0.15) is 0 Å². The normalized spacial score (nSPS) is 14.6. The Kier molecular flexibility index (Phi) is 10.0. The number of rotatable bonds is 11. The van der Waals surface area contributed by atoms with Crippen LogP contribution in [0.5, 0.6) is 5.75 Å². The summed E-state index contributed by atoms with van der Waals surface area (Å²) in [4.78, 5) is 28.9. The van der Waals surface area contributed by atoms with Crippen LogP contribution in [0.25, 0.3) is 0 Å². The van der Waals surface area contributed by atoms with Gasteiger partial charge in [0, 0.05) is 12.6 Å². The van der Waals surface area contributed by atoms with Crippen molar-refractivity contribution in [2.24, 2.45) is 0 Å². The van der Waals surface area contributed by atoms with Crippen molar-refractivity contribution in [1.82, 2.24) is 10.2 Å². The number of amides is 2. The molecule has 0 bridgehead atoms. The highest BCUT2D eigenvalue weighted by Crippen LogP contribution is 2.26. The van der Waals surface area contributed by atoms with Crippen molar-refractivity contribution in [1.29, 1.82) is 0 Å². The lowest BCUT2D eigenvalue weighted by molar-refractivity contribution is -0.139. The Labute approximate surface area is 243 Å². The second kappa shape index (κ2) is 13.7. The quantitative estimate of drug-likeness (QED) is 0.344. The maximum absolute atomic E-state index is 14.0. The zero-order valence-corrected chi connectivity index (χ0v) is 24.8. The number of hydrogen-bond donors (Lipinski definition) is 1. The first-order valence-corrected chi connectivity index (χ1v) is 15.5. The number of hydrogen-bond acceptors (Lipinski definition) is 5. The number of nitrogens with one attached hydrogen (secondary N) is 1. The number of methoxy groups -OCH3 is 1. The van der Waals surface area contributed by atoms with Gasteiger partial charge in [-0.1, -0.05) is 67.3 Å². The summed E-state index contributed by atoms with van der Waals surface area (Å²) in [6.45, 7) is 3.39. The molecule has 0 spiro atoms. The van der Waals surface area contributed by atoms with E-state index in [2.05, 4.69) is 5.32 Å². The second-order valence-corrected chi connectivity index (χ2v) is 12.4. The van der Waals surface area contributed by atoms with Crippen LogP contribution in [0.1, 0.15) is 50.2 Å². The summed E-state index contributed by atoms with van der Waals surface area (Å²) >= 11 is 0. The Hall–Kier alpha value is -3.85. The lowest BCUT2D eigenvalue weighted by Gasteiger charge is -2.33. The van der Waals surface area contributed by atoms with Crippen molar-refractivity contribution in [3.05, 3.63) is 90.0 Å². The molecule has 1 atom stereocenters. The molecule has 8 nitrogen and oxygen atoms in total. The van der Waals surface area contributed by atoms with Crippen LogP contribution in [-0.4, -0.2) is 50.9 Å². The molecule has 1 fully saturated rings. The number of para-hydroxylation sites is 1. The van der Waals surface area contributed by atoms with E-state index in [0.717, 1.165) is 47.5 Å². The zero-order valence-electron chi connectivity index (χ0n) is 24.0. The predicted molar refractivity (Wildman–Crippen MR) is 160 cm³/mol. The van der Waals surface area contributed by atoms with Crippen molar-refractivity contribution in [2.75, 3.05) is 18.0 Å². The van der Waals surface area contributed by atoms with Gasteiger partial charge in [-0.05, 0) is 68.7 Å². The second-order valence-electron chi connectivity index (χ2n) is 10.5. The summed E-state index contributed by atoms with van der Waals surface area (Å²) in [7, 11) is -2.62. The zero-order chi connectivity index (χ0) is 29.4. The van der Waals surface area contributed by atoms with Crippen LogP contribution in [0.2, 0.25) is 0 Å². The lowest BCUT2D eigenvalue weighted by atomic mass is 9.95. The van der Waals surface area contributed by atoms with Gasteiger partial charge in [-0.3, -0.25) is 13.9 Å². The Morgan fingerprint density at radius 2 is 1.56 bits per heavy atom. The van der Waals surface area contributed by atoms with E-state index >= 15 is 0 Å². The molecule has 1 aliphatic rings. The van der Waals surface area contributed by atoms with Crippen LogP contribution in [0.4, 0.5) is 5.69 Å². The van der Waals surface area contributed by atoms with E-state index in [1.807, 2.05) is 31.2 Å². The van der Waals surface area contributed by atoms with E-state index in [4.69, 9.17) is 4.74 Å². The first-order chi connectivity index (χ1) is 19.7. The Morgan fingerprint density at radius 1 is 0.927 bits per heavy atom. The lowest BCUT2D eigenvalue weighted by Crippen LogP contribution is -2.53. The minimum atomic E-state index is -4.13. The molecule has 3 aromatic carbocycles. The molecule has 9 heteroatoms. The number of carbonyl (C=O) groups is 2. The summed E-state index contributed by atoms with van der Waals surface area (Å²) in [5, 5.41) is 3.12. The standard InChI is InChI=1S/C32H39N3O5S/c1-24-14-16-26(17-15-24)22-34(25(2)32(37)33-27-10-6-4-7-11-27)31(36)23-35(28-12-8-5-9-13-28)41(38,39)30-20-18-29(40-3)19-21-30/h5,8-9,12-21,25,27H,4,6-7,10-11,22-23H2,1-3H3,(H,33,37). The SMILES string of the molecule is COc1ccc(S(=O)(=O)N(CC(=O)N(Cc2ccc(C)cc2)C(C)C(=O)NC2CCCCC2)c2ccccc2)cc1. The van der Waals surface area contributed by atoms with Crippen LogP contribution in [0, 0.1) is 6.92 Å². The predicted octanol–water partition coefficient (Wildman–Crippen LogP) is 5.07. The smallest absolute Gasteiger partial charge is 0.264 e. The number of sulfonamides is 1. The third-order valence-corrected chi connectivity index (χ3v) is 9.35. The van der Waals surface area contributed by atoms with E-state index in [0.29, 0.717) is 11.4 Å². The molecule has 1 saturated carbocycles. The summed E-state index contributed by atoms with van der Waals surface area (Å²) in [6.07, 6.45) is 5.15. The Morgan fingerprint density at radius 3 is 2.17 bits per heavy atom. The van der Waals surface area contributed by atoms with Gasteiger partial charge in [0.05, 0.1) is 17.7 Å². The van der Waals surface area contributed by atoms with E-state index < -0.39 is 28.5 Å². The maximum atomic E-state index is 14.0. The van der Waals surface area contributed by atoms with Gasteiger partial charge >= 0.3 is 0 Å². The molecule has 1 unspecified atom stereocenters. The molecule has 2 amide bonds. The van der Waals surface area contributed by atoms with Gasteiger partial charge in [0.2, 0.25) is 11.8 Å². The highest BCUT2D eigenvalue weighted by atomic mass is 32.2. The monoisotopic (exact) mass is 577 g/mol. The van der Waals surface area contributed by atoms with E-state index in [-0.39, 0.29) is 23.4 Å². The van der Waals surface area contributed by atoms with Gasteiger partial charge in [-0.15, -0.1) is 0 Å². The van der Waals surface area contributed by atoms with Crippen LogP contribution in [-0.2, 0) is 26.2 Å². The first-order valence-electron chi connectivity index (χ1n) is 14.1. The average Bonchev–Trinajstić information content (AvgIpc) is 3.00. The van der Waals surface area contributed by atoms with Crippen LogP contribution in [0.15, 0.2) is 83.8 Å². The molecular formula is C32H39N3O5S. The molecule has 3 aromatic rings. The largest absolute Gasteiger partial charge is 0.497 e. The van der Waals surface area contributed by atoms with Crippen LogP contribution < -0.4 is 14.4 Å². The third kappa shape index (κ3) is 7.67. The van der Waals surface area contributed by atoms with E-state index in [1.54, 1.807) is 49.4 Å². The van der Waals surface area contributed by atoms with Crippen LogP contribution >= 0.6 is 0 Å². The number of carbonyl (C=O) groups excluding carboxylic acids is 2. The Balaban J connectivity index is 1.65. The number of anilines is 1. The van der Waals surface area contributed by atoms with Crippen molar-refractivity contribution in [3.63, 3.8) is 0 Å². The van der Waals surface area contributed by atoms with Crippen molar-refractivity contribution >= 4 is 27.5 Å². The molecule has 0 saturated heterocycles. The molecule has 0 aromatic heterocycles. The van der Waals surface area contributed by atoms with E-state index in [9.17, 15) is 18.0 Å². The summed E-state index contributed by atoms with van der Waals surface area (Å²) in [5.41, 5.74) is 2.28. The summed E-state index contributed by atoms with van der Waals surface area (Å²) in [6, 6.07) is 21.6. The van der Waals surface area contributed by atoms with Gasteiger partial charge < -0.3 is 15.0 Å². The van der Waals surface area contributed by atoms with Crippen LogP contribution in [0.3, 0.4) is 0 Å². The number of benzene rings is 3. The summed E-state index contributed by atoms with van der Waals surface area (Å²) in [5.74, 6) is -0.187. The van der Waals surface area contributed by atoms with Gasteiger partial charge in [0.25, 0.3) is 10.0 Å². The molecule has 218 valence electrons. The minimum absolute atomic E-state index is 0.0307. The average molecular weight is 578 g/mol. The molecule has 4 rings (SSSR count). The highest BCUT2D eigenvalue weighted by Gasteiger charge is 2.33. The van der Waals surface area contributed by atoms with Gasteiger partial charge in [0.1, 0.15) is 18.3 Å². The highest BCUT2D eigenvalue weighted by molar-refractivity contribution is 7.92. The third-order valence-electron chi connectivity index (χ3n) is 7.56. The number of ether oxygens (including phenoxy) is 1. The van der Waals surface area contributed by atoms with Crippen molar-refractivity contribution < 1.29 is 22.7 Å². The molecule has 0 radical (unpaired) electrons. The molecule has 1 N–H and O–H groups in total. The van der Waals surface area contributed by atoms with E-state index in [1.165, 1.54) is 24.1 Å². The molecule has 0 aliphatic heterocycles. The molecule has 0 heterocycles. The Bertz CT molecular complexity index is 1400. The fraction of sp³-hybridized carbons (Fsp3) is 0.375. The number of nitrogens with zero attached hydrogens (tertiary/aromatic N) is 2. The molecular weight excluding hydrogens is 538 g/mol. The minimum Gasteiger partial charge on any atom is -0.497 e. The molecule has 1 aliphatic carbocycles. The topological polar surface area (TPSA) is 96.0 Å². The molecule has 41 heavy (non-hydrogen) atoms. The summed E-state index contributed by atoms with van der Waals surface area (Å²) < 4.78 is 34.1. The van der Waals surface area contributed by atoms with Crippen molar-refractivity contribution in [2.45, 2.75) is 69.5 Å². The van der Waals surface area contributed by atoms with Gasteiger partial charge in [-0.25, -0.2) is 8.42 Å².